The number of ether oxygens (including phenoxy) is 2. The van der Waals surface area contributed by atoms with Crippen molar-refractivity contribution >= 4 is 23.2 Å². The second kappa shape index (κ2) is 4.97. The fourth-order valence-corrected chi connectivity index (χ4v) is 2.31. The van der Waals surface area contributed by atoms with Gasteiger partial charge in [-0.05, 0) is 6.07 Å². The molecule has 3 aromatic rings. The minimum atomic E-state index is 0.544. The van der Waals surface area contributed by atoms with Gasteiger partial charge in [0.1, 0.15) is 17.1 Å². The van der Waals surface area contributed by atoms with Crippen LogP contribution < -0.4 is 9.47 Å². The third-order valence-electron chi connectivity index (χ3n) is 2.94. The number of fused-ring (bicyclic) bond motifs is 1. The summed E-state index contributed by atoms with van der Waals surface area (Å²) in [5.41, 5.74) is 0.596. The average Bonchev–Trinajstić information content (AvgIpc) is 2.99. The molecule has 0 aliphatic rings. The van der Waals surface area contributed by atoms with Gasteiger partial charge in [-0.25, -0.2) is 4.68 Å². The predicted octanol–water partition coefficient (Wildman–Crippen LogP) is 3.37. The van der Waals surface area contributed by atoms with E-state index in [1.165, 1.54) is 0 Å². The van der Waals surface area contributed by atoms with Crippen LogP contribution in [0.1, 0.15) is 0 Å². The van der Waals surface area contributed by atoms with Crippen LogP contribution in [0.3, 0.4) is 0 Å². The van der Waals surface area contributed by atoms with Crippen molar-refractivity contribution in [3.63, 3.8) is 0 Å². The zero-order chi connectivity index (χ0) is 14.1. The van der Waals surface area contributed by atoms with E-state index in [2.05, 4.69) is 5.10 Å². The Hall–Kier alpha value is -2.34. The summed E-state index contributed by atoms with van der Waals surface area (Å²) in [5.74, 6) is 1.81. The molecule has 0 aliphatic heterocycles. The van der Waals surface area contributed by atoms with Crippen LogP contribution in [-0.4, -0.2) is 24.0 Å². The van der Waals surface area contributed by atoms with Crippen molar-refractivity contribution in [2.24, 2.45) is 0 Å². The number of benzene rings is 1. The van der Waals surface area contributed by atoms with Crippen molar-refractivity contribution in [3.8, 4) is 17.4 Å². The molecule has 0 saturated heterocycles. The highest BCUT2D eigenvalue weighted by Gasteiger charge is 2.11. The largest absolute Gasteiger partial charge is 0.496 e. The number of methoxy groups -OCH3 is 2. The number of nitrogens with zero attached hydrogens (tertiary/aromatic N) is 2. The first kappa shape index (κ1) is 12.7. The van der Waals surface area contributed by atoms with Crippen LogP contribution in [0.4, 0.5) is 0 Å². The molecule has 0 aliphatic carbocycles. The third kappa shape index (κ3) is 2.04. The molecule has 6 heteroatoms. The van der Waals surface area contributed by atoms with Gasteiger partial charge in [0.15, 0.2) is 0 Å². The predicted molar refractivity (Wildman–Crippen MR) is 77.3 cm³/mol. The summed E-state index contributed by atoms with van der Waals surface area (Å²) in [7, 11) is 3.18. The van der Waals surface area contributed by atoms with E-state index in [-0.39, 0.29) is 0 Å². The Labute approximate surface area is 120 Å². The second-order valence-electron chi connectivity index (χ2n) is 4.10. The van der Waals surface area contributed by atoms with Gasteiger partial charge >= 0.3 is 0 Å². The zero-order valence-electron chi connectivity index (χ0n) is 11.0. The summed E-state index contributed by atoms with van der Waals surface area (Å²) in [4.78, 5) is 0. The second-order valence-corrected chi connectivity index (χ2v) is 4.54. The highest BCUT2D eigenvalue weighted by molar-refractivity contribution is 7.71. The molecule has 0 amide bonds. The van der Waals surface area contributed by atoms with E-state index in [9.17, 15) is 0 Å². The summed E-state index contributed by atoms with van der Waals surface area (Å²) in [6, 6.07) is 7.12. The molecule has 2 heterocycles. The van der Waals surface area contributed by atoms with Gasteiger partial charge in [0.05, 0.1) is 24.1 Å². The maximum absolute atomic E-state index is 5.85. The Balaban J connectivity index is 2.33. The molecular formula is C14H12N2O3S. The van der Waals surface area contributed by atoms with Gasteiger partial charge in [0, 0.05) is 30.6 Å². The third-order valence-corrected chi connectivity index (χ3v) is 3.26. The number of aromatic nitrogens is 2. The van der Waals surface area contributed by atoms with Crippen molar-refractivity contribution in [1.29, 1.82) is 0 Å². The van der Waals surface area contributed by atoms with E-state index >= 15 is 0 Å². The fraction of sp³-hybridized carbons (Fsp3) is 0.143. The van der Waals surface area contributed by atoms with Gasteiger partial charge < -0.3 is 13.9 Å². The normalized spacial score (nSPS) is 10.7. The molecule has 3 rings (SSSR count). The van der Waals surface area contributed by atoms with Crippen LogP contribution in [0.25, 0.3) is 16.9 Å². The number of hydrogen-bond donors (Lipinski definition) is 0. The van der Waals surface area contributed by atoms with Gasteiger partial charge in [0.25, 0.3) is 0 Å². The molecule has 1 aromatic carbocycles. The van der Waals surface area contributed by atoms with Gasteiger partial charge in [-0.2, -0.15) is 5.10 Å². The van der Waals surface area contributed by atoms with Crippen molar-refractivity contribution in [2.75, 3.05) is 14.2 Å². The number of rotatable bonds is 3. The lowest BCUT2D eigenvalue weighted by Gasteiger charge is -2.09. The first-order valence-corrected chi connectivity index (χ1v) is 6.33. The van der Waals surface area contributed by atoms with Crippen LogP contribution >= 0.6 is 12.2 Å². The maximum Gasteiger partial charge on any atom is 0.221 e. The smallest absolute Gasteiger partial charge is 0.221 e. The lowest BCUT2D eigenvalue weighted by molar-refractivity contribution is 0.396. The molecule has 0 atom stereocenters. The standard InChI is InChI=1S/C14H12N2O3S/c1-17-9-6-10(18-2)14-11(7-9)19-13(8-12(14)20)16-5-3-4-15-16/h3-8H,1-2H3. The lowest BCUT2D eigenvalue weighted by atomic mass is 10.2. The summed E-state index contributed by atoms with van der Waals surface area (Å²) in [6.45, 7) is 0. The van der Waals surface area contributed by atoms with Crippen molar-refractivity contribution in [2.45, 2.75) is 0 Å². The number of hydrogen-bond acceptors (Lipinski definition) is 5. The van der Waals surface area contributed by atoms with E-state index in [1.807, 2.05) is 6.07 Å². The molecule has 0 unspecified atom stereocenters. The van der Waals surface area contributed by atoms with Crippen molar-refractivity contribution in [3.05, 3.63) is 41.2 Å². The summed E-state index contributed by atoms with van der Waals surface area (Å²) in [6.07, 6.45) is 3.46. The molecular weight excluding hydrogens is 276 g/mol. The van der Waals surface area contributed by atoms with Crippen LogP contribution in [0, 0.1) is 4.51 Å². The highest BCUT2D eigenvalue weighted by Crippen LogP contribution is 2.33. The first-order chi connectivity index (χ1) is 9.72. The molecule has 20 heavy (non-hydrogen) atoms. The van der Waals surface area contributed by atoms with Gasteiger partial charge in [-0.15, -0.1) is 0 Å². The minimum Gasteiger partial charge on any atom is -0.496 e. The minimum absolute atomic E-state index is 0.544. The molecule has 2 aromatic heterocycles. The highest BCUT2D eigenvalue weighted by atomic mass is 32.1. The Morgan fingerprint density at radius 2 is 2.05 bits per heavy atom. The average molecular weight is 288 g/mol. The lowest BCUT2D eigenvalue weighted by Crippen LogP contribution is -1.95. The topological polar surface area (TPSA) is 49.4 Å². The fourth-order valence-electron chi connectivity index (χ4n) is 2.01. The first-order valence-electron chi connectivity index (χ1n) is 5.93. The molecule has 5 nitrogen and oxygen atoms in total. The van der Waals surface area contributed by atoms with Gasteiger partial charge in [0.2, 0.25) is 5.88 Å². The van der Waals surface area contributed by atoms with Crippen LogP contribution in [-0.2, 0) is 0 Å². The molecule has 0 saturated carbocycles. The van der Waals surface area contributed by atoms with Gasteiger partial charge in [-0.3, -0.25) is 0 Å². The summed E-state index contributed by atoms with van der Waals surface area (Å²) >= 11 is 5.43. The zero-order valence-corrected chi connectivity index (χ0v) is 11.8. The van der Waals surface area contributed by atoms with E-state index in [0.717, 1.165) is 5.39 Å². The van der Waals surface area contributed by atoms with Crippen molar-refractivity contribution in [1.82, 2.24) is 9.78 Å². The molecule has 0 radical (unpaired) electrons. The Morgan fingerprint density at radius 1 is 1.20 bits per heavy atom. The van der Waals surface area contributed by atoms with Crippen molar-refractivity contribution < 1.29 is 13.9 Å². The molecule has 0 spiro atoms. The van der Waals surface area contributed by atoms with Crippen LogP contribution in [0.15, 0.2) is 41.1 Å². The maximum atomic E-state index is 5.85. The Morgan fingerprint density at radius 3 is 2.70 bits per heavy atom. The molecule has 0 N–H and O–H groups in total. The Kier molecular flexibility index (Phi) is 3.15. The van der Waals surface area contributed by atoms with E-state index < -0.39 is 0 Å². The Bertz CT molecular complexity index is 809. The summed E-state index contributed by atoms with van der Waals surface area (Å²) in [5, 5.41) is 4.88. The molecule has 102 valence electrons. The van der Waals surface area contributed by atoms with Gasteiger partial charge in [-0.1, -0.05) is 12.2 Å². The van der Waals surface area contributed by atoms with E-state index in [4.69, 9.17) is 26.1 Å². The van der Waals surface area contributed by atoms with E-state index in [0.29, 0.717) is 27.5 Å². The van der Waals surface area contributed by atoms with Crippen LogP contribution in [0.2, 0.25) is 0 Å². The molecule has 0 bridgehead atoms. The molecule has 0 fully saturated rings. The monoisotopic (exact) mass is 288 g/mol. The van der Waals surface area contributed by atoms with Crippen LogP contribution in [0.5, 0.6) is 11.5 Å². The SMILES string of the molecule is COc1cc(OC)c2c(=S)cc(-n3cccn3)oc2c1. The van der Waals surface area contributed by atoms with E-state index in [1.54, 1.807) is 49.5 Å². The summed E-state index contributed by atoms with van der Waals surface area (Å²) < 4.78 is 18.7. The quantitative estimate of drug-likeness (QED) is 0.692.